The number of sulfonamides is 1. The van der Waals surface area contributed by atoms with Crippen LogP contribution in [-0.4, -0.2) is 68.8 Å². The van der Waals surface area contributed by atoms with Gasteiger partial charge in [0.25, 0.3) is 21.8 Å². The zero-order valence-electron chi connectivity index (χ0n) is 31.7. The van der Waals surface area contributed by atoms with Crippen molar-refractivity contribution in [2.75, 3.05) is 49.3 Å². The largest absolute Gasteiger partial charge is 0.630 e. The van der Waals surface area contributed by atoms with Crippen LogP contribution in [0.4, 0.5) is 22.3 Å². The highest BCUT2D eigenvalue weighted by Crippen LogP contribution is 2.30. The predicted molar refractivity (Wildman–Crippen MR) is 225 cm³/mol. The number of anilines is 3. The fourth-order valence-electron chi connectivity index (χ4n) is 6.87. The van der Waals surface area contributed by atoms with Crippen molar-refractivity contribution in [1.82, 2.24) is 19.6 Å². The van der Waals surface area contributed by atoms with Crippen LogP contribution in [0.5, 0.6) is 0 Å². The summed E-state index contributed by atoms with van der Waals surface area (Å²) in [6.45, 7) is 2.35. The van der Waals surface area contributed by atoms with Gasteiger partial charge in [-0.2, -0.15) is 0 Å². The molecule has 15 heteroatoms. The number of pyridine rings is 1. The van der Waals surface area contributed by atoms with Crippen molar-refractivity contribution in [1.29, 1.82) is 0 Å². The Labute approximate surface area is 335 Å². The van der Waals surface area contributed by atoms with Crippen LogP contribution in [0.25, 0.3) is 10.2 Å². The fourth-order valence-corrected chi connectivity index (χ4v) is 8.72. The first kappa shape index (κ1) is 39.5. The lowest BCUT2D eigenvalue weighted by Crippen LogP contribution is -2.70. The molecular weight excluding hydrogens is 761 g/mol. The maximum Gasteiger partial charge on any atom is 0.283 e. The Balaban J connectivity index is 1.13. The molecule has 0 saturated heterocycles. The number of carbonyl (C=O) groups is 2. The number of nitrogens with two attached hydrogens (primary N) is 1. The average molecular weight is 805 g/mol. The summed E-state index contributed by atoms with van der Waals surface area (Å²) in [6, 6.07) is 31.0. The summed E-state index contributed by atoms with van der Waals surface area (Å²) in [5.41, 5.74) is 6.09. The van der Waals surface area contributed by atoms with E-state index in [2.05, 4.69) is 20.3 Å². The Kier molecular flexibility index (Phi) is 12.2. The minimum atomic E-state index is -4.40. The van der Waals surface area contributed by atoms with E-state index >= 15 is 0 Å². The molecule has 57 heavy (non-hydrogen) atoms. The summed E-state index contributed by atoms with van der Waals surface area (Å²) in [5.74, 6) is -0.680. The smallest absolute Gasteiger partial charge is 0.283 e. The summed E-state index contributed by atoms with van der Waals surface area (Å²) >= 11 is 1.41. The van der Waals surface area contributed by atoms with Gasteiger partial charge < -0.3 is 25.8 Å². The molecule has 1 aliphatic heterocycles. The van der Waals surface area contributed by atoms with Gasteiger partial charge in [0.05, 0.1) is 20.8 Å². The zero-order chi connectivity index (χ0) is 39.9. The summed E-state index contributed by atoms with van der Waals surface area (Å²) in [4.78, 5) is 40.9. The molecule has 2 amide bonds. The van der Waals surface area contributed by atoms with Crippen LogP contribution in [-0.2, 0) is 35.8 Å². The molecule has 6 aromatic rings. The van der Waals surface area contributed by atoms with Crippen LogP contribution in [0.1, 0.15) is 49.5 Å². The second-order valence-electron chi connectivity index (χ2n) is 14.1. The van der Waals surface area contributed by atoms with Gasteiger partial charge in [0.2, 0.25) is 0 Å². The van der Waals surface area contributed by atoms with Gasteiger partial charge in [-0.3, -0.25) is 14.9 Å². The number of nitrogens with one attached hydrogen (secondary N) is 3. The average Bonchev–Trinajstić information content (AvgIpc) is 3.63. The van der Waals surface area contributed by atoms with Crippen molar-refractivity contribution in [3.05, 3.63) is 142 Å². The molecule has 4 aromatic carbocycles. The van der Waals surface area contributed by atoms with Crippen LogP contribution < -0.4 is 25.7 Å². The molecule has 13 nitrogen and oxygen atoms in total. The van der Waals surface area contributed by atoms with E-state index in [1.165, 1.54) is 29.5 Å². The molecule has 0 aliphatic carbocycles. The van der Waals surface area contributed by atoms with Crippen molar-refractivity contribution in [3.63, 3.8) is 0 Å². The number of aryl methyl sites for hydroxylation is 2. The molecule has 0 bridgehead atoms. The second kappa shape index (κ2) is 17.6. The highest BCUT2D eigenvalue weighted by atomic mass is 32.2. The summed E-state index contributed by atoms with van der Waals surface area (Å²) < 4.78 is 30.5. The molecule has 3 heterocycles. The number of carbonyl (C=O) groups excluding carboxylic acids is 2. The van der Waals surface area contributed by atoms with Gasteiger partial charge in [-0.1, -0.05) is 72.0 Å². The number of quaternary nitrogens is 1. The maximum atomic E-state index is 14.0. The first-order valence-electron chi connectivity index (χ1n) is 18.7. The molecule has 0 atom stereocenters. The Hall–Kier alpha value is -5.71. The molecule has 0 fully saturated rings. The number of aromatic nitrogens is 2. The number of benzene rings is 4. The SMILES string of the molecule is CN(C)CCCNc1ccc(S(=O)(=O)NC(=O)c2nc(N3CCc4cccc(C(=O)Nc5nc6ccccc6s5)c4C3)ccc2CCc2ccccc2)cc1[NH2+][O-]. The van der Waals surface area contributed by atoms with E-state index in [4.69, 9.17) is 4.98 Å². The minimum Gasteiger partial charge on any atom is -0.630 e. The number of hydrogen-bond donors (Lipinski definition) is 4. The maximum absolute atomic E-state index is 14.0. The molecular formula is C42H44N8O5S2. The van der Waals surface area contributed by atoms with Gasteiger partial charge in [-0.05, 0) is 105 Å². The number of hydrogen-bond acceptors (Lipinski definition) is 11. The van der Waals surface area contributed by atoms with Crippen LogP contribution in [0.3, 0.4) is 0 Å². The van der Waals surface area contributed by atoms with Crippen molar-refractivity contribution >= 4 is 65.7 Å². The monoisotopic (exact) mass is 804 g/mol. The molecule has 5 N–H and O–H groups in total. The van der Waals surface area contributed by atoms with E-state index in [9.17, 15) is 23.2 Å². The second-order valence-corrected chi connectivity index (χ2v) is 16.8. The van der Waals surface area contributed by atoms with Gasteiger partial charge in [0.15, 0.2) is 10.8 Å². The molecule has 1 aliphatic rings. The standard InChI is InChI=1S/C42H44N8O5S2/c1-49(2)24-9-23-43-34-20-19-31(26-36(34)47-53)57(54,55)48-41(52)39-30(17-16-28-10-4-3-5-11-28)18-21-38(45-39)50-25-22-29-12-8-13-32(33(29)27-50)40(51)46-42-44-35-14-6-7-15-37(35)56-42/h3-8,10-15,18-21,26,43H,9,16-17,22-25,27,47H2,1-2H3,(H,48,52)(H,44,46,51). The van der Waals surface area contributed by atoms with E-state index in [-0.39, 0.29) is 22.2 Å². The van der Waals surface area contributed by atoms with Gasteiger partial charge in [-0.15, -0.1) is 0 Å². The van der Waals surface area contributed by atoms with Crippen molar-refractivity contribution in [2.24, 2.45) is 0 Å². The summed E-state index contributed by atoms with van der Waals surface area (Å²) in [5, 5.41) is 18.7. The van der Waals surface area contributed by atoms with E-state index in [1.54, 1.807) is 6.07 Å². The molecule has 0 spiro atoms. The first-order chi connectivity index (χ1) is 27.6. The fraction of sp³-hybridized carbons (Fsp3) is 0.238. The van der Waals surface area contributed by atoms with Crippen LogP contribution in [0.15, 0.2) is 108 Å². The van der Waals surface area contributed by atoms with Crippen molar-refractivity contribution in [2.45, 2.75) is 37.1 Å². The normalized spacial score (nSPS) is 12.7. The lowest BCUT2D eigenvalue weighted by molar-refractivity contribution is -0.496. The third kappa shape index (κ3) is 9.47. The van der Waals surface area contributed by atoms with Crippen molar-refractivity contribution in [3.8, 4) is 0 Å². The molecule has 0 saturated carbocycles. The topological polar surface area (TPSA) is 176 Å². The van der Waals surface area contributed by atoms with Crippen molar-refractivity contribution < 1.29 is 23.5 Å². The highest BCUT2D eigenvalue weighted by molar-refractivity contribution is 7.90. The molecule has 2 aromatic heterocycles. The van der Waals surface area contributed by atoms with Gasteiger partial charge in [0, 0.05) is 31.3 Å². The van der Waals surface area contributed by atoms with E-state index in [0.717, 1.165) is 39.9 Å². The minimum absolute atomic E-state index is 0.0190. The van der Waals surface area contributed by atoms with Crippen LogP contribution in [0, 0.1) is 5.21 Å². The Bertz CT molecular complexity index is 2480. The number of nitrogens with zero attached hydrogens (tertiary/aromatic N) is 4. The third-order valence-electron chi connectivity index (χ3n) is 9.85. The van der Waals surface area contributed by atoms with Crippen LogP contribution >= 0.6 is 11.3 Å². The highest BCUT2D eigenvalue weighted by Gasteiger charge is 2.27. The summed E-state index contributed by atoms with van der Waals surface area (Å²) in [6.07, 6.45) is 2.49. The van der Waals surface area contributed by atoms with Gasteiger partial charge in [-0.25, -0.2) is 23.1 Å². The Morgan fingerprint density at radius 1 is 0.912 bits per heavy atom. The van der Waals surface area contributed by atoms with Crippen LogP contribution in [0.2, 0.25) is 0 Å². The predicted octanol–water partition coefficient (Wildman–Crippen LogP) is 5.47. The van der Waals surface area contributed by atoms with E-state index in [1.807, 2.05) is 103 Å². The van der Waals surface area contributed by atoms with Gasteiger partial charge >= 0.3 is 0 Å². The Morgan fingerprint density at radius 3 is 2.51 bits per heavy atom. The molecule has 0 unspecified atom stereocenters. The summed E-state index contributed by atoms with van der Waals surface area (Å²) in [7, 11) is -0.456. The number of fused-ring (bicyclic) bond motifs is 2. The number of para-hydroxylation sites is 1. The lowest BCUT2D eigenvalue weighted by Gasteiger charge is -2.31. The number of amides is 2. The quantitative estimate of drug-likeness (QED) is 0.0592. The molecule has 0 radical (unpaired) electrons. The number of rotatable bonds is 15. The van der Waals surface area contributed by atoms with E-state index < -0.39 is 15.9 Å². The number of thiazole rings is 1. The third-order valence-corrected chi connectivity index (χ3v) is 12.1. The lowest BCUT2D eigenvalue weighted by atomic mass is 9.94. The zero-order valence-corrected chi connectivity index (χ0v) is 33.3. The molecule has 294 valence electrons. The van der Waals surface area contributed by atoms with Gasteiger partial charge in [0.1, 0.15) is 11.5 Å². The first-order valence-corrected chi connectivity index (χ1v) is 21.0. The molecule has 7 rings (SSSR count). The Morgan fingerprint density at radius 2 is 1.72 bits per heavy atom. The van der Waals surface area contributed by atoms with E-state index in [0.29, 0.717) is 72.1 Å².